The number of nitrogens with zero attached hydrogens (tertiary/aromatic N) is 3. The Hall–Kier alpha value is -2.60. The van der Waals surface area contributed by atoms with Gasteiger partial charge in [0.25, 0.3) is 10.0 Å². The smallest absolute Gasteiger partial charge is 0.355 e. The number of hydrogen-bond donors (Lipinski definition) is 1. The van der Waals surface area contributed by atoms with Crippen LogP contribution in [0.25, 0.3) is 0 Å². The van der Waals surface area contributed by atoms with E-state index in [9.17, 15) is 22.0 Å². The Morgan fingerprint density at radius 1 is 1.15 bits per heavy atom. The molecule has 0 bridgehead atoms. The minimum Gasteiger partial charge on any atom is -0.467 e. The van der Waals surface area contributed by atoms with Gasteiger partial charge in [0, 0.05) is 0 Å². The van der Waals surface area contributed by atoms with Crippen molar-refractivity contribution in [1.82, 2.24) is 15.0 Å². The second kappa shape index (κ2) is 7.74. The number of benzene rings is 1. The van der Waals surface area contributed by atoms with Gasteiger partial charge < -0.3 is 9.47 Å². The third-order valence-electron chi connectivity index (χ3n) is 2.90. The van der Waals surface area contributed by atoms with E-state index in [0.29, 0.717) is 0 Å². The Morgan fingerprint density at radius 3 is 2.23 bits per heavy atom. The van der Waals surface area contributed by atoms with Gasteiger partial charge in [0.2, 0.25) is 11.6 Å². The van der Waals surface area contributed by atoms with Gasteiger partial charge in [0.15, 0.2) is 0 Å². The summed E-state index contributed by atoms with van der Waals surface area (Å²) in [5, 5.41) is -0.270. The van der Waals surface area contributed by atoms with Gasteiger partial charge >= 0.3 is 17.8 Å². The summed E-state index contributed by atoms with van der Waals surface area (Å²) in [4.78, 5) is 23.9. The lowest BCUT2D eigenvalue weighted by atomic mass is 10.1. The minimum absolute atomic E-state index is 0.239. The Labute approximate surface area is 151 Å². The number of ether oxygens (including phenoxy) is 2. The van der Waals surface area contributed by atoms with Crippen LogP contribution in [0.3, 0.4) is 0 Å². The van der Waals surface area contributed by atoms with E-state index in [1.165, 1.54) is 32.4 Å². The van der Waals surface area contributed by atoms with E-state index in [1.807, 2.05) is 0 Å². The maximum Gasteiger partial charge on any atom is 0.355 e. The van der Waals surface area contributed by atoms with Crippen molar-refractivity contribution in [2.45, 2.75) is 5.76 Å². The van der Waals surface area contributed by atoms with Crippen LogP contribution in [0.1, 0.15) is 16.2 Å². The zero-order valence-corrected chi connectivity index (χ0v) is 14.8. The van der Waals surface area contributed by atoms with E-state index < -0.39 is 33.1 Å². The van der Waals surface area contributed by atoms with Crippen molar-refractivity contribution in [2.75, 3.05) is 18.9 Å². The molecule has 0 saturated heterocycles. The molecule has 140 valence electrons. The highest BCUT2D eigenvalue weighted by Crippen LogP contribution is 2.29. The van der Waals surface area contributed by atoms with E-state index in [1.54, 1.807) is 4.72 Å². The molecule has 13 heteroatoms. The molecule has 0 saturated carbocycles. The molecule has 26 heavy (non-hydrogen) atoms. The van der Waals surface area contributed by atoms with Crippen LogP contribution in [-0.2, 0) is 10.0 Å². The van der Waals surface area contributed by atoms with Crippen LogP contribution in [0.2, 0.25) is 5.02 Å². The van der Waals surface area contributed by atoms with Crippen LogP contribution in [0.15, 0.2) is 18.2 Å². The molecule has 0 radical (unpaired) electrons. The summed E-state index contributed by atoms with van der Waals surface area (Å²) in [6.07, 6.45) is 0. The number of anilines is 1. The molecule has 0 amide bonds. The highest BCUT2D eigenvalue weighted by atomic mass is 35.5. The number of nitrogens with one attached hydrogen (secondary N) is 1. The molecule has 0 aliphatic heterocycles. The van der Waals surface area contributed by atoms with Crippen LogP contribution in [0.5, 0.6) is 12.0 Å². The van der Waals surface area contributed by atoms with Crippen LogP contribution in [0.4, 0.5) is 14.5 Å². The number of methoxy groups -OCH3 is 2. The number of halogens is 3. The van der Waals surface area contributed by atoms with Crippen molar-refractivity contribution in [3.8, 4) is 12.0 Å². The average Bonchev–Trinajstić information content (AvgIpc) is 2.62. The molecule has 0 aliphatic carbocycles. The van der Waals surface area contributed by atoms with E-state index in [-0.39, 0.29) is 22.6 Å². The van der Waals surface area contributed by atoms with Crippen molar-refractivity contribution in [1.29, 1.82) is 0 Å². The number of carbonyl (C=O) groups is 1. The Kier molecular flexibility index (Phi) is 5.87. The Bertz CT molecular complexity index is 920. The number of carbonyl (C=O) groups excluding carboxylic acids is 1. The molecule has 1 N–H and O–H groups in total. The first-order valence-corrected chi connectivity index (χ1v) is 8.59. The summed E-state index contributed by atoms with van der Waals surface area (Å²) in [7, 11) is -2.58. The second-order valence-electron chi connectivity index (χ2n) is 4.53. The number of rotatable bonds is 7. The van der Waals surface area contributed by atoms with Gasteiger partial charge in [0.05, 0.1) is 30.5 Å². The van der Waals surface area contributed by atoms with E-state index in [2.05, 4.69) is 15.0 Å². The van der Waals surface area contributed by atoms with Gasteiger partial charge in [-0.2, -0.15) is 18.7 Å². The number of para-hydroxylation sites is 1. The SMILES string of the molecule is COc1nc(OC)nc(C(=O)c2cccc(Cl)c2NS(=O)(=O)C(F)F)n1. The summed E-state index contributed by atoms with van der Waals surface area (Å²) >= 11 is 5.86. The summed E-state index contributed by atoms with van der Waals surface area (Å²) in [5.41, 5.74) is -0.880. The molecule has 0 fully saturated rings. The van der Waals surface area contributed by atoms with Gasteiger partial charge in [-0.05, 0) is 12.1 Å². The molecule has 0 spiro atoms. The number of aromatic nitrogens is 3. The molecular weight excluding hydrogens is 398 g/mol. The van der Waals surface area contributed by atoms with Crippen LogP contribution >= 0.6 is 11.6 Å². The maximum atomic E-state index is 12.7. The lowest BCUT2D eigenvalue weighted by Gasteiger charge is -2.13. The molecule has 0 aliphatic rings. The fourth-order valence-corrected chi connectivity index (χ4v) is 2.62. The predicted octanol–water partition coefficient (Wildman–Crippen LogP) is 1.74. The molecule has 1 heterocycles. The second-order valence-corrected chi connectivity index (χ2v) is 6.59. The van der Waals surface area contributed by atoms with Crippen molar-refractivity contribution in [2.24, 2.45) is 0 Å². The number of alkyl halides is 2. The lowest BCUT2D eigenvalue weighted by molar-refractivity contribution is 0.102. The number of sulfonamides is 1. The van der Waals surface area contributed by atoms with E-state index in [0.717, 1.165) is 0 Å². The van der Waals surface area contributed by atoms with E-state index in [4.69, 9.17) is 21.1 Å². The quantitative estimate of drug-likeness (QED) is 0.688. The monoisotopic (exact) mass is 408 g/mol. The van der Waals surface area contributed by atoms with Gasteiger partial charge in [-0.15, -0.1) is 4.98 Å². The summed E-state index contributed by atoms with van der Waals surface area (Å²) < 4.78 is 59.4. The lowest BCUT2D eigenvalue weighted by Crippen LogP contribution is -2.22. The minimum atomic E-state index is -5.06. The van der Waals surface area contributed by atoms with Crippen molar-refractivity contribution < 1.29 is 31.5 Å². The number of hydrogen-bond acceptors (Lipinski definition) is 8. The first kappa shape index (κ1) is 19.7. The predicted molar refractivity (Wildman–Crippen MR) is 86.4 cm³/mol. The zero-order valence-electron chi connectivity index (χ0n) is 13.2. The first-order chi connectivity index (χ1) is 12.2. The topological polar surface area (TPSA) is 120 Å². The summed E-state index contributed by atoms with van der Waals surface area (Å²) in [6, 6.07) is 3.23. The molecule has 0 atom stereocenters. The van der Waals surface area contributed by atoms with Crippen molar-refractivity contribution in [3.63, 3.8) is 0 Å². The standard InChI is InChI=1S/C13H11ClF2N4O5S/c1-24-12-17-10(18-13(19-12)25-2)9(21)6-4-3-5-7(14)8(6)20-26(22,23)11(15)16/h3-5,11,20H,1-2H3. The van der Waals surface area contributed by atoms with Gasteiger partial charge in [0.1, 0.15) is 0 Å². The van der Waals surface area contributed by atoms with Gasteiger partial charge in [-0.1, -0.05) is 17.7 Å². The number of ketones is 1. The largest absolute Gasteiger partial charge is 0.467 e. The molecule has 2 aromatic rings. The van der Waals surface area contributed by atoms with Crippen molar-refractivity contribution in [3.05, 3.63) is 34.6 Å². The van der Waals surface area contributed by atoms with E-state index >= 15 is 0 Å². The summed E-state index contributed by atoms with van der Waals surface area (Å²) in [6.45, 7) is 0. The van der Waals surface area contributed by atoms with Crippen LogP contribution in [-0.4, -0.2) is 49.1 Å². The van der Waals surface area contributed by atoms with Gasteiger partial charge in [-0.25, -0.2) is 8.42 Å². The van der Waals surface area contributed by atoms with Crippen LogP contribution in [0, 0.1) is 0 Å². The summed E-state index contributed by atoms with van der Waals surface area (Å²) in [5.74, 6) is -5.11. The van der Waals surface area contributed by atoms with Crippen molar-refractivity contribution >= 4 is 33.1 Å². The molecule has 1 aromatic heterocycles. The highest BCUT2D eigenvalue weighted by molar-refractivity contribution is 7.93. The molecule has 1 aromatic carbocycles. The third kappa shape index (κ3) is 4.14. The molecular formula is C13H11ClF2N4O5S. The molecule has 0 unspecified atom stereocenters. The third-order valence-corrected chi connectivity index (χ3v) is 4.17. The molecule has 2 rings (SSSR count). The Morgan fingerprint density at radius 2 is 1.73 bits per heavy atom. The molecule has 9 nitrogen and oxygen atoms in total. The fraction of sp³-hybridized carbons (Fsp3) is 0.231. The zero-order chi connectivity index (χ0) is 19.5. The fourth-order valence-electron chi connectivity index (χ4n) is 1.75. The average molecular weight is 409 g/mol. The van der Waals surface area contributed by atoms with Gasteiger partial charge in [-0.3, -0.25) is 9.52 Å². The highest BCUT2D eigenvalue weighted by Gasteiger charge is 2.28. The maximum absolute atomic E-state index is 12.7. The van der Waals surface area contributed by atoms with Crippen LogP contribution < -0.4 is 14.2 Å². The normalized spacial score (nSPS) is 11.3. The Balaban J connectivity index is 2.56. The first-order valence-electron chi connectivity index (χ1n) is 6.66.